The van der Waals surface area contributed by atoms with Gasteiger partial charge in [0.05, 0.1) is 6.92 Å². The van der Waals surface area contributed by atoms with Gasteiger partial charge in [0, 0.05) is 0 Å². The average molecular weight is 102 g/mol. The van der Waals surface area contributed by atoms with Crippen LogP contribution in [-0.2, 0) is 8.95 Å². The molecule has 0 bridgehead atoms. The highest BCUT2D eigenvalue weighted by Crippen LogP contribution is 1.69. The van der Waals surface area contributed by atoms with Gasteiger partial charge in [-0.05, 0) is 0 Å². The van der Waals surface area contributed by atoms with Crippen LogP contribution >= 0.6 is 0 Å². The first-order valence-electron chi connectivity index (χ1n) is 1.57. The summed E-state index contributed by atoms with van der Waals surface area (Å²) in [4.78, 5) is 0. The average Bonchev–Trinajstić information content (AvgIpc) is 1.86. The van der Waals surface area contributed by atoms with Crippen molar-refractivity contribution in [3.05, 3.63) is 0 Å². The maximum Gasteiger partial charge on any atom is 0.330 e. The van der Waals surface area contributed by atoms with Crippen molar-refractivity contribution in [1.82, 2.24) is 0 Å². The molecular formula is C2H4NO2Si. The molecule has 33 valence electrons. The first-order valence-corrected chi connectivity index (χ1v) is 2.38. The van der Waals surface area contributed by atoms with Gasteiger partial charge in [-0.1, -0.05) is 5.16 Å². The SMILES string of the molecule is CC1=[NH+]O[Si-]O1. The molecule has 1 rings (SSSR count). The summed E-state index contributed by atoms with van der Waals surface area (Å²) >= 11 is 0. The molecule has 1 aliphatic rings. The Morgan fingerprint density at radius 3 is 2.83 bits per heavy atom. The van der Waals surface area contributed by atoms with Crippen LogP contribution in [0.5, 0.6) is 0 Å². The molecule has 1 aliphatic heterocycles. The summed E-state index contributed by atoms with van der Waals surface area (Å²) in [6, 6.07) is 0. The second-order valence-electron chi connectivity index (χ2n) is 0.946. The zero-order chi connectivity index (χ0) is 4.41. The van der Waals surface area contributed by atoms with Crippen LogP contribution in [0.2, 0.25) is 0 Å². The molecule has 0 atom stereocenters. The van der Waals surface area contributed by atoms with Gasteiger partial charge in [0.25, 0.3) is 0 Å². The lowest BCUT2D eigenvalue weighted by Gasteiger charge is -1.93. The third-order valence-corrected chi connectivity index (χ3v) is 1.01. The molecule has 1 radical (unpaired) electrons. The van der Waals surface area contributed by atoms with Crippen LogP contribution in [-0.4, -0.2) is 15.9 Å². The third-order valence-electron chi connectivity index (χ3n) is 0.431. The molecule has 0 aromatic carbocycles. The van der Waals surface area contributed by atoms with Crippen molar-refractivity contribution >= 4 is 15.9 Å². The molecule has 0 unspecified atom stereocenters. The van der Waals surface area contributed by atoms with Crippen LogP contribution in [0.15, 0.2) is 0 Å². The quantitative estimate of drug-likeness (QED) is 0.358. The van der Waals surface area contributed by atoms with E-state index in [2.05, 4.69) is 9.68 Å². The molecule has 0 spiro atoms. The highest BCUT2D eigenvalue weighted by Gasteiger charge is 1.94. The summed E-state index contributed by atoms with van der Waals surface area (Å²) in [5.74, 6) is 0.744. The lowest BCUT2D eigenvalue weighted by molar-refractivity contribution is -0.705. The summed E-state index contributed by atoms with van der Waals surface area (Å²) < 4.78 is 9.34. The van der Waals surface area contributed by atoms with E-state index in [1.165, 1.54) is 0 Å². The van der Waals surface area contributed by atoms with E-state index in [0.29, 0.717) is 0 Å². The standard InChI is InChI=1S/C2H3NO2Si/c1-2-3-5-6-4-2/h1H3/q-1/p+1. The van der Waals surface area contributed by atoms with E-state index in [4.69, 9.17) is 4.43 Å². The molecule has 0 saturated carbocycles. The summed E-state index contributed by atoms with van der Waals surface area (Å²) in [5.41, 5.74) is 0. The Bertz CT molecular complexity index is 81.6. The zero-order valence-electron chi connectivity index (χ0n) is 3.32. The van der Waals surface area contributed by atoms with E-state index in [1.54, 1.807) is 6.92 Å². The Labute approximate surface area is 38.0 Å². The van der Waals surface area contributed by atoms with Gasteiger partial charge in [-0.25, -0.2) is 0 Å². The Morgan fingerprint density at radius 1 is 1.83 bits per heavy atom. The van der Waals surface area contributed by atoms with Gasteiger partial charge < -0.3 is 8.95 Å². The minimum Gasteiger partial charge on any atom is -0.643 e. The largest absolute Gasteiger partial charge is 0.643 e. The summed E-state index contributed by atoms with van der Waals surface area (Å²) in [6.45, 7) is 1.81. The van der Waals surface area contributed by atoms with E-state index >= 15 is 0 Å². The molecule has 0 aromatic rings. The maximum atomic E-state index is 4.76. The van der Waals surface area contributed by atoms with Gasteiger partial charge in [0.2, 0.25) is 0 Å². The molecule has 0 aliphatic carbocycles. The molecule has 4 heteroatoms. The van der Waals surface area contributed by atoms with Crippen LogP contribution < -0.4 is 5.16 Å². The number of hydrogen-bond donors (Lipinski definition) is 1. The first kappa shape index (κ1) is 3.67. The first-order chi connectivity index (χ1) is 2.89. The predicted octanol–water partition coefficient (Wildman–Crippen LogP) is -2.02. The second kappa shape index (κ2) is 1.30. The number of hydrogen-bond acceptors (Lipinski definition) is 2. The lowest BCUT2D eigenvalue weighted by Crippen LogP contribution is -2.67. The van der Waals surface area contributed by atoms with E-state index in [1.807, 2.05) is 0 Å². The van der Waals surface area contributed by atoms with Crippen molar-refractivity contribution in [2.45, 2.75) is 6.92 Å². The summed E-state index contributed by atoms with van der Waals surface area (Å²) in [7, 11) is 0.141. The Morgan fingerprint density at radius 2 is 2.67 bits per heavy atom. The Hall–Kier alpha value is -0.513. The monoisotopic (exact) mass is 102 g/mol. The van der Waals surface area contributed by atoms with Gasteiger partial charge in [-0.2, -0.15) is 0 Å². The van der Waals surface area contributed by atoms with Crippen molar-refractivity contribution in [2.75, 3.05) is 0 Å². The maximum absolute atomic E-state index is 4.76. The molecule has 0 saturated heterocycles. The molecule has 1 N–H and O–H groups in total. The van der Waals surface area contributed by atoms with Gasteiger partial charge in [-0.3, -0.25) is 0 Å². The number of rotatable bonds is 0. The minimum atomic E-state index is 0.141. The van der Waals surface area contributed by atoms with Gasteiger partial charge >= 0.3 is 5.90 Å². The van der Waals surface area contributed by atoms with Crippen molar-refractivity contribution < 1.29 is 14.1 Å². The Balaban J connectivity index is 2.45. The van der Waals surface area contributed by atoms with Crippen molar-refractivity contribution in [3.8, 4) is 0 Å². The molecule has 0 aromatic heterocycles. The van der Waals surface area contributed by atoms with Crippen LogP contribution in [0.1, 0.15) is 6.92 Å². The summed E-state index contributed by atoms with van der Waals surface area (Å²) in [5, 5.41) is 2.53. The van der Waals surface area contributed by atoms with Crippen LogP contribution in [0.3, 0.4) is 0 Å². The van der Waals surface area contributed by atoms with Gasteiger partial charge in [-0.15, -0.1) is 0 Å². The van der Waals surface area contributed by atoms with Crippen LogP contribution in [0.4, 0.5) is 0 Å². The van der Waals surface area contributed by atoms with Crippen LogP contribution in [0, 0.1) is 0 Å². The van der Waals surface area contributed by atoms with Gasteiger partial charge in [0.15, 0.2) is 10.0 Å². The summed E-state index contributed by atoms with van der Waals surface area (Å²) in [6.07, 6.45) is 0. The lowest BCUT2D eigenvalue weighted by atomic mass is 10.8. The fraction of sp³-hybridized carbons (Fsp3) is 0.500. The molecule has 1 heterocycles. The topological polar surface area (TPSA) is 32.4 Å². The zero-order valence-corrected chi connectivity index (χ0v) is 4.32. The molecule has 0 amide bonds. The van der Waals surface area contributed by atoms with E-state index in [-0.39, 0.29) is 10.0 Å². The minimum absolute atomic E-state index is 0.141. The molecule has 6 heavy (non-hydrogen) atoms. The fourth-order valence-corrected chi connectivity index (χ4v) is 0.591. The highest BCUT2D eigenvalue weighted by molar-refractivity contribution is 6.22. The van der Waals surface area contributed by atoms with Crippen molar-refractivity contribution in [1.29, 1.82) is 0 Å². The van der Waals surface area contributed by atoms with E-state index in [0.717, 1.165) is 5.90 Å². The van der Waals surface area contributed by atoms with Crippen LogP contribution in [0.25, 0.3) is 0 Å². The van der Waals surface area contributed by atoms with E-state index < -0.39 is 0 Å². The molecule has 3 nitrogen and oxygen atoms in total. The van der Waals surface area contributed by atoms with E-state index in [9.17, 15) is 0 Å². The molecular weight excluding hydrogens is 98.1 g/mol. The predicted molar refractivity (Wildman–Crippen MR) is 19.6 cm³/mol. The smallest absolute Gasteiger partial charge is 0.330 e. The number of nitrogens with one attached hydrogen (secondary N) is 1. The molecule has 0 fully saturated rings. The Kier molecular flexibility index (Phi) is 0.793. The van der Waals surface area contributed by atoms with Crippen molar-refractivity contribution in [3.63, 3.8) is 0 Å². The third kappa shape index (κ3) is 0.512. The van der Waals surface area contributed by atoms with Gasteiger partial charge in [0.1, 0.15) is 0 Å². The second-order valence-corrected chi connectivity index (χ2v) is 1.52. The normalized spacial score (nSPS) is 18.5. The highest BCUT2D eigenvalue weighted by atomic mass is 28.3. The van der Waals surface area contributed by atoms with Crippen molar-refractivity contribution in [2.24, 2.45) is 0 Å². The fourth-order valence-electron chi connectivity index (χ4n) is 0.197.